The molecule has 0 saturated carbocycles. The minimum atomic E-state index is -1.88. The molecule has 0 unspecified atom stereocenters. The fraction of sp³-hybridized carbons (Fsp3) is 0.857. The van der Waals surface area contributed by atoms with Gasteiger partial charge in [0.15, 0.2) is 0 Å². The van der Waals surface area contributed by atoms with Crippen molar-refractivity contribution in [2.45, 2.75) is 19.0 Å². The number of nitrogens with zero attached hydrogens (tertiary/aromatic N) is 1. The van der Waals surface area contributed by atoms with Crippen LogP contribution < -0.4 is 0 Å². The Balaban J connectivity index is 3.62. The molecule has 0 aromatic rings. The Morgan fingerprint density at radius 2 is 1.91 bits per heavy atom. The van der Waals surface area contributed by atoms with Gasteiger partial charge >= 0.3 is 8.56 Å². The van der Waals surface area contributed by atoms with Crippen LogP contribution in [0.1, 0.15) is 6.42 Å². The SMILES string of the molecule is [C-]#[N+]CCC[Si](C)(OC)OC. The Labute approximate surface area is 69.4 Å². The second-order valence-electron chi connectivity index (χ2n) is 2.53. The Hall–Kier alpha value is -0.373. The fourth-order valence-electron chi connectivity index (χ4n) is 0.767. The molecular formula is C7H15NO2Si. The summed E-state index contributed by atoms with van der Waals surface area (Å²) in [5.41, 5.74) is 0. The van der Waals surface area contributed by atoms with Gasteiger partial charge in [0, 0.05) is 20.6 Å². The summed E-state index contributed by atoms with van der Waals surface area (Å²) < 4.78 is 10.5. The molecule has 0 saturated heterocycles. The molecule has 0 aromatic carbocycles. The molecule has 0 aliphatic heterocycles. The average Bonchev–Trinajstić information content (AvgIpc) is 2.05. The van der Waals surface area contributed by atoms with Gasteiger partial charge in [-0.1, -0.05) is 0 Å². The first-order chi connectivity index (χ1) is 5.18. The Bertz CT molecular complexity index is 140. The van der Waals surface area contributed by atoms with Crippen molar-refractivity contribution in [1.82, 2.24) is 0 Å². The molecule has 0 radical (unpaired) electrons. The van der Waals surface area contributed by atoms with E-state index in [0.29, 0.717) is 6.54 Å². The molecule has 4 heteroatoms. The van der Waals surface area contributed by atoms with Gasteiger partial charge in [0.25, 0.3) is 0 Å². The van der Waals surface area contributed by atoms with Gasteiger partial charge in [0.2, 0.25) is 6.54 Å². The van der Waals surface area contributed by atoms with Gasteiger partial charge < -0.3 is 13.7 Å². The highest BCUT2D eigenvalue weighted by Crippen LogP contribution is 2.13. The lowest BCUT2D eigenvalue weighted by molar-refractivity contribution is 0.249. The molecule has 0 aliphatic rings. The first kappa shape index (κ1) is 10.6. The number of hydrogen-bond acceptors (Lipinski definition) is 2. The molecule has 0 N–H and O–H groups in total. The van der Waals surface area contributed by atoms with Crippen LogP contribution in [-0.2, 0) is 8.85 Å². The average molecular weight is 173 g/mol. The molecule has 0 aliphatic carbocycles. The van der Waals surface area contributed by atoms with Crippen LogP contribution >= 0.6 is 0 Å². The van der Waals surface area contributed by atoms with Crippen LogP contribution in [0.25, 0.3) is 4.85 Å². The highest BCUT2D eigenvalue weighted by molar-refractivity contribution is 6.65. The molecule has 0 spiro atoms. The summed E-state index contributed by atoms with van der Waals surface area (Å²) >= 11 is 0. The van der Waals surface area contributed by atoms with Crippen LogP contribution in [-0.4, -0.2) is 29.3 Å². The molecule has 0 aromatic heterocycles. The fourth-order valence-corrected chi connectivity index (χ4v) is 2.14. The van der Waals surface area contributed by atoms with E-state index in [2.05, 4.69) is 4.85 Å². The molecular weight excluding hydrogens is 158 g/mol. The van der Waals surface area contributed by atoms with Crippen molar-refractivity contribution in [1.29, 1.82) is 0 Å². The van der Waals surface area contributed by atoms with Gasteiger partial charge in [0.1, 0.15) is 0 Å². The highest BCUT2D eigenvalue weighted by atomic mass is 28.4. The first-order valence-electron chi connectivity index (χ1n) is 3.62. The van der Waals surface area contributed by atoms with Crippen LogP contribution in [0.5, 0.6) is 0 Å². The molecule has 0 fully saturated rings. The first-order valence-corrected chi connectivity index (χ1v) is 6.14. The van der Waals surface area contributed by atoms with E-state index in [1.807, 2.05) is 6.55 Å². The Kier molecular flexibility index (Phi) is 5.12. The third kappa shape index (κ3) is 4.14. The van der Waals surface area contributed by atoms with E-state index in [9.17, 15) is 0 Å². The van der Waals surface area contributed by atoms with Crippen LogP contribution in [0.15, 0.2) is 0 Å². The summed E-state index contributed by atoms with van der Waals surface area (Å²) in [6.45, 7) is 9.17. The van der Waals surface area contributed by atoms with E-state index >= 15 is 0 Å². The minimum Gasteiger partial charge on any atom is -0.398 e. The summed E-state index contributed by atoms with van der Waals surface area (Å²) in [6, 6.07) is 0.905. The second-order valence-corrected chi connectivity index (χ2v) is 6.11. The summed E-state index contributed by atoms with van der Waals surface area (Å²) in [7, 11) is 1.47. The summed E-state index contributed by atoms with van der Waals surface area (Å²) in [5.74, 6) is 0. The quantitative estimate of drug-likeness (QED) is 0.358. The lowest BCUT2D eigenvalue weighted by atomic mass is 10.5. The van der Waals surface area contributed by atoms with E-state index in [1.54, 1.807) is 14.2 Å². The zero-order valence-electron chi connectivity index (χ0n) is 7.39. The molecule has 64 valence electrons. The normalized spacial score (nSPS) is 11.1. The lowest BCUT2D eigenvalue weighted by Gasteiger charge is -2.21. The largest absolute Gasteiger partial charge is 0.398 e. The molecule has 11 heavy (non-hydrogen) atoms. The third-order valence-corrected chi connectivity index (χ3v) is 4.75. The molecule has 0 atom stereocenters. The summed E-state index contributed by atoms with van der Waals surface area (Å²) in [6.07, 6.45) is 0.883. The Morgan fingerprint density at radius 3 is 2.27 bits per heavy atom. The van der Waals surface area contributed by atoms with Gasteiger partial charge in [0.05, 0.1) is 0 Å². The standard InChI is InChI=1S/C7H15NO2Si/c1-8-6-5-7-11(4,9-2)10-3/h5-7H2,2-4H3. The van der Waals surface area contributed by atoms with Crippen molar-refractivity contribution in [3.05, 3.63) is 11.4 Å². The zero-order valence-corrected chi connectivity index (χ0v) is 8.39. The van der Waals surface area contributed by atoms with Crippen molar-refractivity contribution in [3.63, 3.8) is 0 Å². The van der Waals surface area contributed by atoms with E-state index in [4.69, 9.17) is 15.4 Å². The lowest BCUT2D eigenvalue weighted by Crippen LogP contribution is -2.35. The van der Waals surface area contributed by atoms with Gasteiger partial charge in [-0.25, -0.2) is 6.57 Å². The molecule has 3 nitrogen and oxygen atoms in total. The summed E-state index contributed by atoms with van der Waals surface area (Å²) in [4.78, 5) is 3.27. The summed E-state index contributed by atoms with van der Waals surface area (Å²) in [5, 5.41) is 0. The predicted molar refractivity (Wildman–Crippen MR) is 46.5 cm³/mol. The molecule has 0 bridgehead atoms. The van der Waals surface area contributed by atoms with Gasteiger partial charge in [-0.2, -0.15) is 0 Å². The van der Waals surface area contributed by atoms with E-state index < -0.39 is 8.56 Å². The molecule has 0 rings (SSSR count). The second kappa shape index (κ2) is 5.30. The number of hydrogen-bond donors (Lipinski definition) is 0. The predicted octanol–water partition coefficient (Wildman–Crippen LogP) is 1.66. The van der Waals surface area contributed by atoms with E-state index in [0.717, 1.165) is 12.5 Å². The minimum absolute atomic E-state index is 0.579. The van der Waals surface area contributed by atoms with Crippen molar-refractivity contribution in [3.8, 4) is 0 Å². The van der Waals surface area contributed by atoms with Crippen molar-refractivity contribution >= 4 is 8.56 Å². The topological polar surface area (TPSA) is 22.8 Å². The third-order valence-electron chi connectivity index (χ3n) is 1.76. The van der Waals surface area contributed by atoms with Crippen molar-refractivity contribution in [2.75, 3.05) is 20.8 Å². The van der Waals surface area contributed by atoms with Gasteiger partial charge in [-0.15, -0.1) is 0 Å². The smallest absolute Gasteiger partial charge is 0.334 e. The zero-order chi connectivity index (χ0) is 8.74. The maximum atomic E-state index is 6.58. The van der Waals surface area contributed by atoms with Crippen LogP contribution in [0.3, 0.4) is 0 Å². The van der Waals surface area contributed by atoms with Crippen LogP contribution in [0.4, 0.5) is 0 Å². The van der Waals surface area contributed by atoms with E-state index in [-0.39, 0.29) is 0 Å². The molecule has 0 amide bonds. The van der Waals surface area contributed by atoms with Crippen molar-refractivity contribution in [2.24, 2.45) is 0 Å². The monoisotopic (exact) mass is 173 g/mol. The van der Waals surface area contributed by atoms with E-state index in [1.165, 1.54) is 0 Å². The van der Waals surface area contributed by atoms with Crippen molar-refractivity contribution < 1.29 is 8.85 Å². The number of rotatable bonds is 5. The van der Waals surface area contributed by atoms with Gasteiger partial charge in [-0.3, -0.25) is 0 Å². The Morgan fingerprint density at radius 1 is 1.36 bits per heavy atom. The maximum Gasteiger partial charge on any atom is 0.334 e. The van der Waals surface area contributed by atoms with Crippen LogP contribution in [0, 0.1) is 6.57 Å². The maximum absolute atomic E-state index is 6.58. The van der Waals surface area contributed by atoms with Gasteiger partial charge in [-0.05, 0) is 12.6 Å². The molecule has 0 heterocycles. The highest BCUT2D eigenvalue weighted by Gasteiger charge is 2.28. The van der Waals surface area contributed by atoms with Crippen LogP contribution in [0.2, 0.25) is 12.6 Å².